The molecule has 2 rings (SSSR count). The van der Waals surface area contributed by atoms with Crippen molar-refractivity contribution >= 4 is 11.8 Å². The minimum absolute atomic E-state index is 0.474. The predicted molar refractivity (Wildman–Crippen MR) is 87.7 cm³/mol. The fourth-order valence-corrected chi connectivity index (χ4v) is 2.61. The first-order valence-corrected chi connectivity index (χ1v) is 7.78. The van der Waals surface area contributed by atoms with E-state index in [4.69, 9.17) is 9.47 Å². The standard InChI is InChI=1S/C17H26N2O3/c1-17(2,3)22-16(20)19-14-8-7-12(10-15(14)21-4)13-6-5-9-18-11-13/h7-8,10,13,18H,5-6,9,11H2,1-4H3,(H,19,20). The molecule has 122 valence electrons. The van der Waals surface area contributed by atoms with Gasteiger partial charge in [-0.2, -0.15) is 0 Å². The number of methoxy groups -OCH3 is 1. The SMILES string of the molecule is COc1cc(C2CCCNC2)ccc1NC(=O)OC(C)(C)C. The zero-order chi connectivity index (χ0) is 16.2. The first-order chi connectivity index (χ1) is 10.4. The molecule has 0 aliphatic carbocycles. The number of amides is 1. The summed E-state index contributed by atoms with van der Waals surface area (Å²) < 4.78 is 10.7. The Morgan fingerprint density at radius 3 is 2.73 bits per heavy atom. The molecule has 1 aromatic rings. The van der Waals surface area contributed by atoms with Gasteiger partial charge in [0.2, 0.25) is 0 Å². The Bertz CT molecular complexity index is 517. The molecule has 1 unspecified atom stereocenters. The quantitative estimate of drug-likeness (QED) is 0.897. The number of piperidine rings is 1. The molecule has 0 saturated carbocycles. The van der Waals surface area contributed by atoms with E-state index in [1.54, 1.807) is 7.11 Å². The lowest BCUT2D eigenvalue weighted by Gasteiger charge is -2.24. The van der Waals surface area contributed by atoms with E-state index in [0.717, 1.165) is 13.1 Å². The van der Waals surface area contributed by atoms with E-state index in [1.807, 2.05) is 39.0 Å². The van der Waals surface area contributed by atoms with E-state index in [9.17, 15) is 4.79 Å². The number of ether oxygens (including phenoxy) is 2. The molecular weight excluding hydrogens is 280 g/mol. The molecule has 1 saturated heterocycles. The largest absolute Gasteiger partial charge is 0.495 e. The van der Waals surface area contributed by atoms with E-state index in [2.05, 4.69) is 10.6 Å². The zero-order valence-corrected chi connectivity index (χ0v) is 13.9. The maximum atomic E-state index is 11.9. The molecule has 1 aliphatic heterocycles. The highest BCUT2D eigenvalue weighted by atomic mass is 16.6. The van der Waals surface area contributed by atoms with Gasteiger partial charge in [0.05, 0.1) is 12.8 Å². The van der Waals surface area contributed by atoms with E-state index in [-0.39, 0.29) is 0 Å². The van der Waals surface area contributed by atoms with Gasteiger partial charge in [0.15, 0.2) is 0 Å². The summed E-state index contributed by atoms with van der Waals surface area (Å²) in [5.74, 6) is 1.16. The van der Waals surface area contributed by atoms with Crippen LogP contribution >= 0.6 is 0 Å². The summed E-state index contributed by atoms with van der Waals surface area (Å²) in [5, 5.41) is 6.16. The molecule has 1 aliphatic rings. The molecule has 1 aromatic carbocycles. The Labute approximate surface area is 132 Å². The molecule has 1 atom stereocenters. The highest BCUT2D eigenvalue weighted by molar-refractivity contribution is 5.87. The van der Waals surface area contributed by atoms with E-state index in [0.29, 0.717) is 17.4 Å². The second kappa shape index (κ2) is 7.01. The van der Waals surface area contributed by atoms with Gasteiger partial charge in [-0.15, -0.1) is 0 Å². The van der Waals surface area contributed by atoms with Crippen LogP contribution < -0.4 is 15.4 Å². The maximum Gasteiger partial charge on any atom is 0.412 e. The fraction of sp³-hybridized carbons (Fsp3) is 0.588. The van der Waals surface area contributed by atoms with Crippen LogP contribution in [-0.2, 0) is 4.74 Å². The lowest BCUT2D eigenvalue weighted by Crippen LogP contribution is -2.28. The smallest absolute Gasteiger partial charge is 0.412 e. The highest BCUT2D eigenvalue weighted by Gasteiger charge is 2.19. The molecule has 1 amide bonds. The molecular formula is C17H26N2O3. The molecule has 1 heterocycles. The van der Waals surface area contributed by atoms with Crippen molar-refractivity contribution in [1.82, 2.24) is 5.32 Å². The number of hydrogen-bond acceptors (Lipinski definition) is 4. The minimum atomic E-state index is -0.523. The van der Waals surface area contributed by atoms with Crippen molar-refractivity contribution < 1.29 is 14.3 Å². The first-order valence-electron chi connectivity index (χ1n) is 7.78. The van der Waals surface area contributed by atoms with Crippen LogP contribution in [0.1, 0.15) is 45.1 Å². The van der Waals surface area contributed by atoms with Crippen LogP contribution in [0.25, 0.3) is 0 Å². The summed E-state index contributed by atoms with van der Waals surface area (Å²) in [6.45, 7) is 7.59. The average Bonchev–Trinajstić information content (AvgIpc) is 2.46. The van der Waals surface area contributed by atoms with Gasteiger partial charge in [-0.3, -0.25) is 5.32 Å². The Balaban J connectivity index is 2.10. The van der Waals surface area contributed by atoms with Crippen LogP contribution in [0.5, 0.6) is 5.75 Å². The lowest BCUT2D eigenvalue weighted by molar-refractivity contribution is 0.0635. The van der Waals surface area contributed by atoms with Gasteiger partial charge in [0.25, 0.3) is 0 Å². The fourth-order valence-electron chi connectivity index (χ4n) is 2.61. The summed E-state index contributed by atoms with van der Waals surface area (Å²) in [7, 11) is 1.61. The molecule has 0 bridgehead atoms. The third-order valence-corrected chi connectivity index (χ3v) is 3.63. The highest BCUT2D eigenvalue weighted by Crippen LogP contribution is 2.31. The van der Waals surface area contributed by atoms with Gasteiger partial charge in [0, 0.05) is 6.54 Å². The molecule has 5 nitrogen and oxygen atoms in total. The summed E-state index contributed by atoms with van der Waals surface area (Å²) in [6.07, 6.45) is 1.89. The van der Waals surface area contributed by atoms with Crippen molar-refractivity contribution in [2.75, 3.05) is 25.5 Å². The Morgan fingerprint density at radius 1 is 1.36 bits per heavy atom. The van der Waals surface area contributed by atoms with Gasteiger partial charge < -0.3 is 14.8 Å². The van der Waals surface area contributed by atoms with Crippen molar-refractivity contribution in [3.05, 3.63) is 23.8 Å². The number of benzene rings is 1. The van der Waals surface area contributed by atoms with Gasteiger partial charge >= 0.3 is 6.09 Å². The van der Waals surface area contributed by atoms with E-state index in [1.165, 1.54) is 18.4 Å². The number of carbonyl (C=O) groups excluding carboxylic acids is 1. The van der Waals surface area contributed by atoms with Crippen molar-refractivity contribution in [3.63, 3.8) is 0 Å². The van der Waals surface area contributed by atoms with Crippen LogP contribution in [0.15, 0.2) is 18.2 Å². The van der Waals surface area contributed by atoms with Gasteiger partial charge in [-0.25, -0.2) is 4.79 Å². The van der Waals surface area contributed by atoms with Crippen LogP contribution in [-0.4, -0.2) is 31.9 Å². The molecule has 22 heavy (non-hydrogen) atoms. The van der Waals surface area contributed by atoms with Gasteiger partial charge in [-0.05, 0) is 63.8 Å². The number of hydrogen-bond donors (Lipinski definition) is 2. The minimum Gasteiger partial charge on any atom is -0.495 e. The zero-order valence-electron chi connectivity index (χ0n) is 13.9. The Hall–Kier alpha value is -1.75. The third-order valence-electron chi connectivity index (χ3n) is 3.63. The maximum absolute atomic E-state index is 11.9. The molecule has 0 spiro atoms. The van der Waals surface area contributed by atoms with Crippen LogP contribution in [0.3, 0.4) is 0 Å². The molecule has 0 aromatic heterocycles. The summed E-state index contributed by atoms with van der Waals surface area (Å²) in [6, 6.07) is 5.93. The average molecular weight is 306 g/mol. The monoisotopic (exact) mass is 306 g/mol. The molecule has 2 N–H and O–H groups in total. The van der Waals surface area contributed by atoms with Crippen molar-refractivity contribution in [2.45, 2.75) is 45.1 Å². The second-order valence-corrected chi connectivity index (χ2v) is 6.63. The van der Waals surface area contributed by atoms with Crippen molar-refractivity contribution in [1.29, 1.82) is 0 Å². The normalized spacial score (nSPS) is 18.6. The number of rotatable bonds is 3. The van der Waals surface area contributed by atoms with Crippen molar-refractivity contribution in [2.24, 2.45) is 0 Å². The van der Waals surface area contributed by atoms with Crippen LogP contribution in [0, 0.1) is 0 Å². The van der Waals surface area contributed by atoms with Gasteiger partial charge in [-0.1, -0.05) is 6.07 Å². The first kappa shape index (κ1) is 16.6. The van der Waals surface area contributed by atoms with Gasteiger partial charge in [0.1, 0.15) is 11.4 Å². The number of carbonyl (C=O) groups is 1. The van der Waals surface area contributed by atoms with E-state index >= 15 is 0 Å². The van der Waals surface area contributed by atoms with Crippen molar-refractivity contribution in [3.8, 4) is 5.75 Å². The Kier molecular flexibility index (Phi) is 5.29. The topological polar surface area (TPSA) is 59.6 Å². The number of nitrogens with one attached hydrogen (secondary N) is 2. The third kappa shape index (κ3) is 4.63. The number of anilines is 1. The molecule has 5 heteroatoms. The van der Waals surface area contributed by atoms with E-state index < -0.39 is 11.7 Å². The second-order valence-electron chi connectivity index (χ2n) is 6.63. The summed E-state index contributed by atoms with van der Waals surface area (Å²) in [5.41, 5.74) is 1.34. The van der Waals surface area contributed by atoms with Crippen LogP contribution in [0.2, 0.25) is 0 Å². The summed E-state index contributed by atoms with van der Waals surface area (Å²) >= 11 is 0. The molecule has 0 radical (unpaired) electrons. The summed E-state index contributed by atoms with van der Waals surface area (Å²) in [4.78, 5) is 11.9. The Morgan fingerprint density at radius 2 is 2.14 bits per heavy atom. The predicted octanol–water partition coefficient (Wildman–Crippen LogP) is 3.51. The van der Waals surface area contributed by atoms with Crippen LogP contribution in [0.4, 0.5) is 10.5 Å². The molecule has 1 fully saturated rings. The lowest BCUT2D eigenvalue weighted by atomic mass is 9.91.